The van der Waals surface area contributed by atoms with Crippen molar-refractivity contribution in [2.75, 3.05) is 36.0 Å². The zero-order valence-corrected chi connectivity index (χ0v) is 14.1. The van der Waals surface area contributed by atoms with Gasteiger partial charge in [0, 0.05) is 44.1 Å². The van der Waals surface area contributed by atoms with Gasteiger partial charge in [-0.2, -0.15) is 14.6 Å². The van der Waals surface area contributed by atoms with E-state index in [0.717, 1.165) is 54.9 Å². The summed E-state index contributed by atoms with van der Waals surface area (Å²) in [7, 11) is 0. The van der Waals surface area contributed by atoms with E-state index >= 15 is 0 Å². The maximum absolute atomic E-state index is 4.66. The number of rotatable bonds is 2. The van der Waals surface area contributed by atoms with Crippen LogP contribution in [0.4, 0.5) is 11.6 Å². The summed E-state index contributed by atoms with van der Waals surface area (Å²) in [6.45, 7) is 9.57. The molecular formula is C16H20N8. The number of aryl methyl sites for hydroxylation is 3. The van der Waals surface area contributed by atoms with Crippen LogP contribution in [0.25, 0.3) is 5.78 Å². The summed E-state index contributed by atoms with van der Waals surface area (Å²) < 4.78 is 1.81. The largest absolute Gasteiger partial charge is 0.353 e. The third-order valence-electron chi connectivity index (χ3n) is 4.32. The van der Waals surface area contributed by atoms with Crippen LogP contribution in [0.15, 0.2) is 18.6 Å². The summed E-state index contributed by atoms with van der Waals surface area (Å²) in [4.78, 5) is 22.3. The van der Waals surface area contributed by atoms with Crippen molar-refractivity contribution in [3.05, 3.63) is 35.7 Å². The lowest BCUT2D eigenvalue weighted by Crippen LogP contribution is -2.47. The Morgan fingerprint density at radius 3 is 2.42 bits per heavy atom. The number of aromatic nitrogens is 6. The van der Waals surface area contributed by atoms with Crippen LogP contribution < -0.4 is 9.80 Å². The number of fused-ring (bicyclic) bond motifs is 1. The van der Waals surface area contributed by atoms with Crippen molar-refractivity contribution >= 4 is 17.4 Å². The third kappa shape index (κ3) is 2.53. The van der Waals surface area contributed by atoms with E-state index in [4.69, 9.17) is 0 Å². The Morgan fingerprint density at radius 1 is 0.875 bits per heavy atom. The third-order valence-corrected chi connectivity index (χ3v) is 4.32. The summed E-state index contributed by atoms with van der Waals surface area (Å²) in [5.41, 5.74) is 2.88. The maximum Gasteiger partial charge on any atom is 0.254 e. The number of piperazine rings is 1. The lowest BCUT2D eigenvalue weighted by molar-refractivity contribution is 0.629. The van der Waals surface area contributed by atoms with Gasteiger partial charge in [0.25, 0.3) is 5.78 Å². The van der Waals surface area contributed by atoms with Crippen molar-refractivity contribution in [2.24, 2.45) is 0 Å². The Kier molecular flexibility index (Phi) is 3.51. The van der Waals surface area contributed by atoms with Crippen molar-refractivity contribution in [1.82, 2.24) is 29.5 Å². The Balaban J connectivity index is 1.57. The Hall–Kier alpha value is -2.77. The number of anilines is 2. The molecule has 3 aromatic heterocycles. The molecule has 0 atom stereocenters. The van der Waals surface area contributed by atoms with Crippen molar-refractivity contribution in [1.29, 1.82) is 0 Å². The van der Waals surface area contributed by atoms with Gasteiger partial charge in [-0.15, -0.1) is 0 Å². The predicted molar refractivity (Wildman–Crippen MR) is 91.5 cm³/mol. The molecule has 0 aliphatic carbocycles. The molecule has 0 N–H and O–H groups in total. The van der Waals surface area contributed by atoms with Gasteiger partial charge < -0.3 is 9.80 Å². The first kappa shape index (κ1) is 14.8. The van der Waals surface area contributed by atoms with Gasteiger partial charge in [-0.05, 0) is 20.8 Å². The van der Waals surface area contributed by atoms with Gasteiger partial charge in [-0.25, -0.2) is 9.97 Å². The first-order chi connectivity index (χ1) is 11.6. The highest BCUT2D eigenvalue weighted by atomic mass is 15.4. The van der Waals surface area contributed by atoms with E-state index in [-0.39, 0.29) is 0 Å². The fourth-order valence-electron chi connectivity index (χ4n) is 3.11. The van der Waals surface area contributed by atoms with E-state index in [1.165, 1.54) is 0 Å². The first-order valence-corrected chi connectivity index (χ1v) is 8.09. The molecule has 24 heavy (non-hydrogen) atoms. The zero-order valence-electron chi connectivity index (χ0n) is 14.1. The lowest BCUT2D eigenvalue weighted by atomic mass is 10.2. The minimum Gasteiger partial charge on any atom is -0.353 e. The molecule has 0 bridgehead atoms. The molecular weight excluding hydrogens is 304 g/mol. The van der Waals surface area contributed by atoms with E-state index in [2.05, 4.69) is 40.9 Å². The summed E-state index contributed by atoms with van der Waals surface area (Å²) in [5, 5.41) is 4.30. The van der Waals surface area contributed by atoms with E-state index in [9.17, 15) is 0 Å². The average Bonchev–Trinajstić information content (AvgIpc) is 3.05. The number of nitrogens with zero attached hydrogens (tertiary/aromatic N) is 8. The molecule has 0 amide bonds. The zero-order chi connectivity index (χ0) is 16.7. The molecule has 0 saturated carbocycles. The summed E-state index contributed by atoms with van der Waals surface area (Å²) in [5.74, 6) is 2.68. The number of hydrogen-bond acceptors (Lipinski definition) is 7. The number of hydrogen-bond donors (Lipinski definition) is 0. The molecule has 8 nitrogen and oxygen atoms in total. The normalized spacial score (nSPS) is 15.3. The van der Waals surface area contributed by atoms with Gasteiger partial charge in [0.05, 0.1) is 11.4 Å². The van der Waals surface area contributed by atoms with Gasteiger partial charge in [0.2, 0.25) is 0 Å². The molecule has 0 spiro atoms. The molecule has 1 aliphatic rings. The van der Waals surface area contributed by atoms with Crippen LogP contribution in [0.2, 0.25) is 0 Å². The monoisotopic (exact) mass is 324 g/mol. The molecule has 124 valence electrons. The van der Waals surface area contributed by atoms with E-state index < -0.39 is 0 Å². The maximum atomic E-state index is 4.66. The molecule has 8 heteroatoms. The molecule has 1 fully saturated rings. The highest BCUT2D eigenvalue weighted by Gasteiger charge is 2.22. The van der Waals surface area contributed by atoms with Gasteiger partial charge in [-0.3, -0.25) is 4.98 Å². The van der Waals surface area contributed by atoms with Gasteiger partial charge in [-0.1, -0.05) is 0 Å². The molecule has 0 aromatic carbocycles. The minimum absolute atomic E-state index is 0.646. The van der Waals surface area contributed by atoms with Crippen molar-refractivity contribution < 1.29 is 0 Å². The highest BCUT2D eigenvalue weighted by Crippen LogP contribution is 2.21. The molecule has 1 aliphatic heterocycles. The van der Waals surface area contributed by atoms with Crippen LogP contribution in [-0.4, -0.2) is 55.7 Å². The second kappa shape index (κ2) is 5.70. The average molecular weight is 324 g/mol. The van der Waals surface area contributed by atoms with Crippen LogP contribution in [0.1, 0.15) is 17.1 Å². The van der Waals surface area contributed by atoms with Gasteiger partial charge in [0.15, 0.2) is 0 Å². The Bertz CT molecular complexity index is 879. The van der Waals surface area contributed by atoms with E-state index in [0.29, 0.717) is 5.78 Å². The summed E-state index contributed by atoms with van der Waals surface area (Å²) in [6, 6.07) is 2.06. The van der Waals surface area contributed by atoms with Gasteiger partial charge >= 0.3 is 0 Å². The smallest absolute Gasteiger partial charge is 0.254 e. The van der Waals surface area contributed by atoms with Crippen molar-refractivity contribution in [2.45, 2.75) is 20.8 Å². The highest BCUT2D eigenvalue weighted by molar-refractivity contribution is 5.50. The standard InChI is InChI=1S/C16H20N8/c1-11-8-14(24-16(21-11)18-10-19-24)22-4-6-23(7-5-22)15-13(3)17-9-12(2)20-15/h8-10H,4-7H2,1-3H3. The fourth-order valence-corrected chi connectivity index (χ4v) is 3.11. The summed E-state index contributed by atoms with van der Waals surface area (Å²) in [6.07, 6.45) is 3.36. The molecule has 4 rings (SSSR count). The van der Waals surface area contributed by atoms with Gasteiger partial charge in [0.1, 0.15) is 18.0 Å². The van der Waals surface area contributed by atoms with Crippen molar-refractivity contribution in [3.63, 3.8) is 0 Å². The lowest BCUT2D eigenvalue weighted by Gasteiger charge is -2.37. The topological polar surface area (TPSA) is 75.3 Å². The van der Waals surface area contributed by atoms with Crippen LogP contribution in [-0.2, 0) is 0 Å². The molecule has 3 aromatic rings. The minimum atomic E-state index is 0.646. The van der Waals surface area contributed by atoms with Crippen molar-refractivity contribution in [3.8, 4) is 0 Å². The molecule has 0 radical (unpaired) electrons. The van der Waals surface area contributed by atoms with Crippen LogP contribution in [0, 0.1) is 20.8 Å². The predicted octanol–water partition coefficient (Wildman–Crippen LogP) is 1.17. The second-order valence-electron chi connectivity index (χ2n) is 6.12. The quantitative estimate of drug-likeness (QED) is 0.700. The van der Waals surface area contributed by atoms with Crippen LogP contribution in [0.3, 0.4) is 0 Å². The molecule has 4 heterocycles. The Morgan fingerprint density at radius 2 is 1.62 bits per heavy atom. The van der Waals surface area contributed by atoms with Crippen LogP contribution >= 0.6 is 0 Å². The second-order valence-corrected chi connectivity index (χ2v) is 6.12. The van der Waals surface area contributed by atoms with E-state index in [1.807, 2.05) is 27.0 Å². The summed E-state index contributed by atoms with van der Waals surface area (Å²) >= 11 is 0. The Labute approximate surface area is 140 Å². The molecule has 1 saturated heterocycles. The molecule has 0 unspecified atom stereocenters. The van der Waals surface area contributed by atoms with E-state index in [1.54, 1.807) is 10.8 Å². The first-order valence-electron chi connectivity index (χ1n) is 8.09. The SMILES string of the molecule is Cc1cnc(C)c(N2CCN(c3cc(C)nc4ncnn34)CC2)n1. The van der Waals surface area contributed by atoms with Crippen LogP contribution in [0.5, 0.6) is 0 Å². The fraction of sp³-hybridized carbons (Fsp3) is 0.438.